The Morgan fingerprint density at radius 1 is 1.11 bits per heavy atom. The van der Waals surface area contributed by atoms with Gasteiger partial charge in [-0.2, -0.15) is 0 Å². The van der Waals surface area contributed by atoms with E-state index in [2.05, 4.69) is 0 Å². The van der Waals surface area contributed by atoms with Gasteiger partial charge in [-0.1, -0.05) is 30.3 Å². The van der Waals surface area contributed by atoms with E-state index < -0.39 is 11.8 Å². The van der Waals surface area contributed by atoms with Crippen molar-refractivity contribution >= 4 is 12.3 Å². The highest BCUT2D eigenvalue weighted by Crippen LogP contribution is 2.32. The number of hydrogen-bond donors (Lipinski definition) is 0. The van der Waals surface area contributed by atoms with Gasteiger partial charge in [0.15, 0.2) is 11.6 Å². The van der Waals surface area contributed by atoms with Crippen LogP contribution < -0.4 is 9.47 Å². The fourth-order valence-electron chi connectivity index (χ4n) is 3.28. The van der Waals surface area contributed by atoms with Crippen LogP contribution >= 0.6 is 0 Å². The van der Waals surface area contributed by atoms with E-state index in [1.54, 1.807) is 0 Å². The molecule has 0 amide bonds. The average molecular weight is 386 g/mol. The largest absolute Gasteiger partial charge is 0.496 e. The molecule has 2 aromatic rings. The molecule has 28 heavy (non-hydrogen) atoms. The molecule has 0 aliphatic heterocycles. The third kappa shape index (κ3) is 4.88. The summed E-state index contributed by atoms with van der Waals surface area (Å²) >= 11 is 0. The highest BCUT2D eigenvalue weighted by Gasteiger charge is 2.25. The Kier molecular flexibility index (Phi) is 6.63. The Labute approximate surface area is 163 Å². The molecular formula is C22H23FO5. The van der Waals surface area contributed by atoms with Crippen molar-refractivity contribution in [1.29, 1.82) is 0 Å². The normalized spacial score (nSPS) is 18.9. The average Bonchev–Trinajstić information content (AvgIpc) is 2.74. The molecule has 1 fully saturated rings. The third-order valence-corrected chi connectivity index (χ3v) is 4.89. The van der Waals surface area contributed by atoms with Crippen molar-refractivity contribution in [3.8, 4) is 11.5 Å². The van der Waals surface area contributed by atoms with Crippen LogP contribution in [0.4, 0.5) is 4.39 Å². The number of carbonyl (C=O) groups excluding carboxylic acids is 2. The summed E-state index contributed by atoms with van der Waals surface area (Å²) in [4.78, 5) is 23.4. The van der Waals surface area contributed by atoms with E-state index in [1.807, 2.05) is 30.3 Å². The molecule has 2 aromatic carbocycles. The topological polar surface area (TPSA) is 61.8 Å². The molecule has 3 rings (SSSR count). The lowest BCUT2D eigenvalue weighted by molar-refractivity contribution is -0.112. The number of hydrogen-bond acceptors (Lipinski definition) is 5. The summed E-state index contributed by atoms with van der Waals surface area (Å²) in [6.45, 7) is 0.103. The van der Waals surface area contributed by atoms with Crippen LogP contribution in [0, 0.1) is 11.7 Å². The molecule has 0 heterocycles. The van der Waals surface area contributed by atoms with E-state index in [0.717, 1.165) is 30.8 Å². The fourth-order valence-corrected chi connectivity index (χ4v) is 3.28. The lowest BCUT2D eigenvalue weighted by atomic mass is 9.88. The van der Waals surface area contributed by atoms with E-state index in [1.165, 1.54) is 13.2 Å². The smallest absolute Gasteiger partial charge is 0.342 e. The first-order valence-electron chi connectivity index (χ1n) is 9.31. The lowest BCUT2D eigenvalue weighted by Crippen LogP contribution is -2.25. The summed E-state index contributed by atoms with van der Waals surface area (Å²) in [6, 6.07) is 11.7. The van der Waals surface area contributed by atoms with Gasteiger partial charge in [0.05, 0.1) is 13.2 Å². The van der Waals surface area contributed by atoms with E-state index in [4.69, 9.17) is 14.2 Å². The van der Waals surface area contributed by atoms with Crippen molar-refractivity contribution in [2.24, 2.45) is 5.92 Å². The van der Waals surface area contributed by atoms with Crippen molar-refractivity contribution < 1.29 is 28.2 Å². The zero-order chi connectivity index (χ0) is 19.9. The van der Waals surface area contributed by atoms with E-state index in [9.17, 15) is 14.0 Å². The lowest BCUT2D eigenvalue weighted by Gasteiger charge is -2.26. The molecule has 148 valence electrons. The van der Waals surface area contributed by atoms with Gasteiger partial charge in [0.1, 0.15) is 24.2 Å². The standard InChI is InChI=1S/C22H23FO5/c1-26-20-12-19(23)21(28-17-9-7-15(13-24)8-10-17)11-18(20)22(25)27-14-16-5-3-2-4-6-16/h2-6,11-13,15,17H,7-10,14H2,1H3. The van der Waals surface area contributed by atoms with Crippen molar-refractivity contribution in [1.82, 2.24) is 0 Å². The number of ether oxygens (including phenoxy) is 3. The summed E-state index contributed by atoms with van der Waals surface area (Å²) in [5.41, 5.74) is 0.955. The molecule has 0 N–H and O–H groups in total. The minimum atomic E-state index is -0.616. The first-order valence-corrected chi connectivity index (χ1v) is 9.31. The third-order valence-electron chi connectivity index (χ3n) is 4.89. The summed E-state index contributed by atoms with van der Waals surface area (Å²) in [5, 5.41) is 0. The maximum Gasteiger partial charge on any atom is 0.342 e. The Morgan fingerprint density at radius 3 is 2.46 bits per heavy atom. The number of esters is 1. The van der Waals surface area contributed by atoms with E-state index >= 15 is 0 Å². The summed E-state index contributed by atoms with van der Waals surface area (Å²) < 4.78 is 30.7. The van der Waals surface area contributed by atoms with E-state index in [0.29, 0.717) is 12.8 Å². The second-order valence-electron chi connectivity index (χ2n) is 6.84. The maximum absolute atomic E-state index is 14.4. The Morgan fingerprint density at radius 2 is 1.82 bits per heavy atom. The predicted molar refractivity (Wildman–Crippen MR) is 101 cm³/mol. The number of carbonyl (C=O) groups is 2. The summed E-state index contributed by atoms with van der Waals surface area (Å²) in [5.74, 6) is -1.09. The Bertz CT molecular complexity index is 813. The molecule has 5 nitrogen and oxygen atoms in total. The monoisotopic (exact) mass is 386 g/mol. The van der Waals surface area contributed by atoms with Crippen LogP contribution in [0.3, 0.4) is 0 Å². The predicted octanol–water partition coefficient (Wildman–Crippen LogP) is 4.33. The Balaban J connectivity index is 1.72. The molecule has 0 atom stereocenters. The van der Waals surface area contributed by atoms with Gasteiger partial charge in [-0.3, -0.25) is 0 Å². The highest BCUT2D eigenvalue weighted by atomic mass is 19.1. The summed E-state index contributed by atoms with van der Waals surface area (Å²) in [6.07, 6.45) is 3.55. The molecule has 6 heteroatoms. The van der Waals surface area contributed by atoms with Crippen LogP contribution in [-0.4, -0.2) is 25.5 Å². The molecule has 0 spiro atoms. The molecular weight excluding hydrogens is 363 g/mol. The van der Waals surface area contributed by atoms with Crippen LogP contribution in [0.15, 0.2) is 42.5 Å². The molecule has 0 bridgehead atoms. The molecule has 1 saturated carbocycles. The van der Waals surface area contributed by atoms with Gasteiger partial charge in [0.2, 0.25) is 0 Å². The van der Waals surface area contributed by atoms with Crippen LogP contribution in [0.5, 0.6) is 11.5 Å². The minimum absolute atomic E-state index is 0.0120. The van der Waals surface area contributed by atoms with Crippen molar-refractivity contribution in [2.45, 2.75) is 38.4 Å². The number of methoxy groups -OCH3 is 1. The van der Waals surface area contributed by atoms with Crippen molar-refractivity contribution in [2.75, 3.05) is 7.11 Å². The van der Waals surface area contributed by atoms with Crippen LogP contribution in [-0.2, 0) is 16.1 Å². The Hall–Kier alpha value is -2.89. The fraction of sp³-hybridized carbons (Fsp3) is 0.364. The first-order chi connectivity index (χ1) is 13.6. The number of aldehydes is 1. The number of rotatable bonds is 7. The maximum atomic E-state index is 14.4. The molecule has 1 aliphatic carbocycles. The van der Waals surface area contributed by atoms with Gasteiger partial charge < -0.3 is 19.0 Å². The van der Waals surface area contributed by atoms with Gasteiger partial charge in [0, 0.05) is 18.1 Å². The SMILES string of the molecule is COc1cc(F)c(OC2CCC(C=O)CC2)cc1C(=O)OCc1ccccc1. The zero-order valence-corrected chi connectivity index (χ0v) is 15.7. The molecule has 1 aliphatic rings. The van der Waals surface area contributed by atoms with Crippen molar-refractivity contribution in [3.63, 3.8) is 0 Å². The highest BCUT2D eigenvalue weighted by molar-refractivity contribution is 5.93. The van der Waals surface area contributed by atoms with Crippen molar-refractivity contribution in [3.05, 3.63) is 59.4 Å². The van der Waals surface area contributed by atoms with E-state index in [-0.39, 0.29) is 35.7 Å². The second-order valence-corrected chi connectivity index (χ2v) is 6.84. The second kappa shape index (κ2) is 9.35. The van der Waals surface area contributed by atoms with Gasteiger partial charge in [-0.15, -0.1) is 0 Å². The van der Waals surface area contributed by atoms with Gasteiger partial charge in [-0.05, 0) is 31.2 Å². The van der Waals surface area contributed by atoms with Crippen LogP contribution in [0.25, 0.3) is 0 Å². The number of halogens is 1. The van der Waals surface area contributed by atoms with Crippen LogP contribution in [0.1, 0.15) is 41.6 Å². The summed E-state index contributed by atoms with van der Waals surface area (Å²) in [7, 11) is 1.37. The first kappa shape index (κ1) is 19.9. The molecule has 0 aromatic heterocycles. The number of benzene rings is 2. The quantitative estimate of drug-likeness (QED) is 0.524. The molecule has 0 radical (unpaired) electrons. The van der Waals surface area contributed by atoms with Gasteiger partial charge in [0.25, 0.3) is 0 Å². The zero-order valence-electron chi connectivity index (χ0n) is 15.7. The van der Waals surface area contributed by atoms with Gasteiger partial charge in [-0.25, -0.2) is 9.18 Å². The van der Waals surface area contributed by atoms with Crippen LogP contribution in [0.2, 0.25) is 0 Å². The van der Waals surface area contributed by atoms with Gasteiger partial charge >= 0.3 is 5.97 Å². The molecule has 0 unspecified atom stereocenters. The minimum Gasteiger partial charge on any atom is -0.496 e. The molecule has 0 saturated heterocycles.